The van der Waals surface area contributed by atoms with Gasteiger partial charge in [-0.3, -0.25) is 0 Å². The predicted molar refractivity (Wildman–Crippen MR) is 85.8 cm³/mol. The lowest BCUT2D eigenvalue weighted by molar-refractivity contribution is 0.0695. The molecule has 23 heavy (non-hydrogen) atoms. The second kappa shape index (κ2) is 5.85. The molecule has 5 heteroatoms. The van der Waals surface area contributed by atoms with E-state index >= 15 is 0 Å². The van der Waals surface area contributed by atoms with Crippen LogP contribution in [0.1, 0.15) is 45.7 Å². The number of carboxylic acid groups (broad SMARTS) is 2. The largest absolute Gasteiger partial charge is 0.478 e. The van der Waals surface area contributed by atoms with Crippen LogP contribution >= 0.6 is 0 Å². The molecule has 0 bridgehead atoms. The van der Waals surface area contributed by atoms with Crippen molar-refractivity contribution in [3.05, 3.63) is 58.7 Å². The van der Waals surface area contributed by atoms with Crippen molar-refractivity contribution in [1.82, 2.24) is 0 Å². The first-order valence-electron chi connectivity index (χ1n) is 7.06. The number of hydrogen-bond acceptors (Lipinski definition) is 3. The molecule has 3 N–H and O–H groups in total. The summed E-state index contributed by atoms with van der Waals surface area (Å²) in [6.07, 6.45) is 0. The van der Waals surface area contributed by atoms with Crippen LogP contribution in [0, 0.1) is 6.92 Å². The van der Waals surface area contributed by atoms with E-state index in [0.29, 0.717) is 22.3 Å². The van der Waals surface area contributed by atoms with Gasteiger partial charge in [-0.2, -0.15) is 0 Å². The zero-order valence-electron chi connectivity index (χ0n) is 13.1. The molecular weight excluding hydrogens is 296 g/mol. The molecule has 2 aromatic rings. The van der Waals surface area contributed by atoms with E-state index in [-0.39, 0.29) is 11.1 Å². The molecule has 0 fully saturated rings. The number of carboxylic acids is 2. The molecular formula is C18H18O5. The van der Waals surface area contributed by atoms with E-state index in [1.807, 2.05) is 0 Å². The van der Waals surface area contributed by atoms with E-state index in [4.69, 9.17) is 5.11 Å². The summed E-state index contributed by atoms with van der Waals surface area (Å²) in [5, 5.41) is 28.5. The number of hydrogen-bond donors (Lipinski definition) is 3. The van der Waals surface area contributed by atoms with Crippen molar-refractivity contribution in [2.45, 2.75) is 26.4 Å². The standard InChI is InChI=1S/C18H18O5/c1-10-8-14(15(17(21)22)9-13(10)16(19)20)11-4-6-12(7-5-11)18(2,3)23/h4-9,23H,1-3H3,(H,19,20)(H,21,22). The Morgan fingerprint density at radius 1 is 0.913 bits per heavy atom. The summed E-state index contributed by atoms with van der Waals surface area (Å²) in [6, 6.07) is 9.62. The van der Waals surface area contributed by atoms with Crippen LogP contribution in [-0.4, -0.2) is 27.3 Å². The molecule has 120 valence electrons. The number of aryl methyl sites for hydroxylation is 1. The maximum Gasteiger partial charge on any atom is 0.336 e. The highest BCUT2D eigenvalue weighted by Gasteiger charge is 2.19. The molecule has 0 heterocycles. The highest BCUT2D eigenvalue weighted by Crippen LogP contribution is 2.29. The van der Waals surface area contributed by atoms with Gasteiger partial charge in [0.1, 0.15) is 0 Å². The molecule has 0 saturated carbocycles. The fourth-order valence-corrected chi connectivity index (χ4v) is 2.41. The number of benzene rings is 2. The summed E-state index contributed by atoms with van der Waals surface area (Å²) in [7, 11) is 0. The minimum Gasteiger partial charge on any atom is -0.478 e. The third kappa shape index (κ3) is 3.40. The van der Waals surface area contributed by atoms with Crippen LogP contribution in [0.2, 0.25) is 0 Å². The fourth-order valence-electron chi connectivity index (χ4n) is 2.41. The van der Waals surface area contributed by atoms with Crippen molar-refractivity contribution in [2.24, 2.45) is 0 Å². The van der Waals surface area contributed by atoms with Gasteiger partial charge in [-0.1, -0.05) is 24.3 Å². The Kier molecular flexibility index (Phi) is 4.25. The third-order valence-corrected chi connectivity index (χ3v) is 3.73. The van der Waals surface area contributed by atoms with Gasteiger partial charge in [-0.15, -0.1) is 0 Å². The van der Waals surface area contributed by atoms with E-state index in [0.717, 1.165) is 0 Å². The number of aliphatic hydroxyl groups is 1. The summed E-state index contributed by atoms with van der Waals surface area (Å²) in [5.41, 5.74) is 1.21. The minimum atomic E-state index is -1.19. The molecule has 2 aromatic carbocycles. The topological polar surface area (TPSA) is 94.8 Å². The quantitative estimate of drug-likeness (QED) is 0.805. The summed E-state index contributed by atoms with van der Waals surface area (Å²) in [6.45, 7) is 4.96. The summed E-state index contributed by atoms with van der Waals surface area (Å²) in [5.74, 6) is -2.34. The van der Waals surface area contributed by atoms with Gasteiger partial charge in [0, 0.05) is 0 Å². The Hall–Kier alpha value is -2.66. The Morgan fingerprint density at radius 2 is 1.43 bits per heavy atom. The number of rotatable bonds is 4. The van der Waals surface area contributed by atoms with Gasteiger partial charge >= 0.3 is 11.9 Å². The van der Waals surface area contributed by atoms with Crippen LogP contribution in [0.5, 0.6) is 0 Å². The average molecular weight is 314 g/mol. The molecule has 5 nitrogen and oxygen atoms in total. The van der Waals surface area contributed by atoms with Crippen molar-refractivity contribution in [1.29, 1.82) is 0 Å². The monoisotopic (exact) mass is 314 g/mol. The molecule has 0 saturated heterocycles. The SMILES string of the molecule is Cc1cc(-c2ccc(C(C)(C)O)cc2)c(C(=O)O)cc1C(=O)O. The van der Waals surface area contributed by atoms with Crippen LogP contribution in [-0.2, 0) is 5.60 Å². The van der Waals surface area contributed by atoms with Crippen LogP contribution in [0.15, 0.2) is 36.4 Å². The lowest BCUT2D eigenvalue weighted by Gasteiger charge is -2.18. The Labute approximate surface area is 133 Å². The van der Waals surface area contributed by atoms with Gasteiger partial charge in [0.15, 0.2) is 0 Å². The molecule has 0 aliphatic rings. The van der Waals surface area contributed by atoms with Crippen molar-refractivity contribution in [3.63, 3.8) is 0 Å². The molecule has 0 aliphatic heterocycles. The van der Waals surface area contributed by atoms with Crippen LogP contribution < -0.4 is 0 Å². The highest BCUT2D eigenvalue weighted by molar-refractivity contribution is 6.00. The van der Waals surface area contributed by atoms with E-state index < -0.39 is 17.5 Å². The second-order valence-electron chi connectivity index (χ2n) is 5.96. The lowest BCUT2D eigenvalue weighted by Crippen LogP contribution is -2.15. The molecule has 0 atom stereocenters. The molecule has 0 aromatic heterocycles. The van der Waals surface area contributed by atoms with Gasteiger partial charge in [-0.05, 0) is 55.2 Å². The first-order chi connectivity index (χ1) is 10.6. The summed E-state index contributed by atoms with van der Waals surface area (Å²) >= 11 is 0. The molecule has 0 unspecified atom stereocenters. The van der Waals surface area contributed by atoms with E-state index in [2.05, 4.69) is 0 Å². The first-order valence-corrected chi connectivity index (χ1v) is 7.06. The van der Waals surface area contributed by atoms with Crippen molar-refractivity contribution < 1.29 is 24.9 Å². The molecule has 0 amide bonds. The van der Waals surface area contributed by atoms with Crippen molar-refractivity contribution >= 4 is 11.9 Å². The summed E-state index contributed by atoms with van der Waals surface area (Å²) in [4.78, 5) is 22.7. The predicted octanol–water partition coefficient (Wildman–Crippen LogP) is 3.29. The number of aromatic carboxylic acids is 2. The highest BCUT2D eigenvalue weighted by atomic mass is 16.4. The third-order valence-electron chi connectivity index (χ3n) is 3.73. The smallest absolute Gasteiger partial charge is 0.336 e. The van der Waals surface area contributed by atoms with Crippen molar-refractivity contribution in [3.8, 4) is 11.1 Å². The molecule has 2 rings (SSSR count). The average Bonchev–Trinajstić information content (AvgIpc) is 2.45. The summed E-state index contributed by atoms with van der Waals surface area (Å²) < 4.78 is 0. The van der Waals surface area contributed by atoms with Crippen LogP contribution in [0.25, 0.3) is 11.1 Å². The Morgan fingerprint density at radius 3 is 1.87 bits per heavy atom. The normalized spacial score (nSPS) is 11.3. The minimum absolute atomic E-state index is 0.0285. The zero-order chi connectivity index (χ0) is 17.4. The van der Waals surface area contributed by atoms with Gasteiger partial charge < -0.3 is 15.3 Å². The Bertz CT molecular complexity index is 767. The second-order valence-corrected chi connectivity index (χ2v) is 5.96. The lowest BCUT2D eigenvalue weighted by atomic mass is 9.91. The number of carbonyl (C=O) groups is 2. The van der Waals surface area contributed by atoms with Gasteiger partial charge in [0.05, 0.1) is 16.7 Å². The van der Waals surface area contributed by atoms with Crippen LogP contribution in [0.4, 0.5) is 0 Å². The first kappa shape index (κ1) is 16.7. The molecule has 0 spiro atoms. The van der Waals surface area contributed by atoms with Gasteiger partial charge in [-0.25, -0.2) is 9.59 Å². The van der Waals surface area contributed by atoms with E-state index in [9.17, 15) is 19.8 Å². The fraction of sp³-hybridized carbons (Fsp3) is 0.222. The Balaban J connectivity index is 2.61. The maximum absolute atomic E-state index is 11.5. The maximum atomic E-state index is 11.5. The molecule has 0 aliphatic carbocycles. The van der Waals surface area contributed by atoms with Gasteiger partial charge in [0.25, 0.3) is 0 Å². The van der Waals surface area contributed by atoms with E-state index in [1.54, 1.807) is 51.1 Å². The molecule has 0 radical (unpaired) electrons. The van der Waals surface area contributed by atoms with Gasteiger partial charge in [0.2, 0.25) is 0 Å². The van der Waals surface area contributed by atoms with Crippen molar-refractivity contribution in [2.75, 3.05) is 0 Å². The zero-order valence-corrected chi connectivity index (χ0v) is 13.1. The van der Waals surface area contributed by atoms with Crippen LogP contribution in [0.3, 0.4) is 0 Å². The van der Waals surface area contributed by atoms with E-state index in [1.165, 1.54) is 6.07 Å².